The maximum atomic E-state index is 13.5. The average Bonchev–Trinajstić information content (AvgIpc) is 3.14. The van der Waals surface area contributed by atoms with Gasteiger partial charge in [-0.25, -0.2) is 13.2 Å². The van der Waals surface area contributed by atoms with E-state index in [-0.39, 0.29) is 11.5 Å². The van der Waals surface area contributed by atoms with Gasteiger partial charge in [0, 0.05) is 22.6 Å². The fourth-order valence-electron chi connectivity index (χ4n) is 4.31. The van der Waals surface area contributed by atoms with Crippen molar-refractivity contribution < 1.29 is 22.4 Å². The van der Waals surface area contributed by atoms with E-state index in [1.165, 1.54) is 0 Å². The Bertz CT molecular complexity index is 1520. The van der Waals surface area contributed by atoms with Gasteiger partial charge in [0.1, 0.15) is 16.9 Å². The highest BCUT2D eigenvalue weighted by Gasteiger charge is 2.26. The van der Waals surface area contributed by atoms with Gasteiger partial charge in [-0.1, -0.05) is 37.3 Å². The van der Waals surface area contributed by atoms with Gasteiger partial charge in [0.05, 0.1) is 17.2 Å². The Morgan fingerprint density at radius 1 is 0.941 bits per heavy atom. The van der Waals surface area contributed by atoms with Gasteiger partial charge < -0.3 is 9.15 Å². The Morgan fingerprint density at radius 3 is 2.29 bits per heavy atom. The molecule has 0 bridgehead atoms. The molecular formula is C27H29NO5S. The summed E-state index contributed by atoms with van der Waals surface area (Å²) in [6.07, 6.45) is 1.36. The second-order valence-electron chi connectivity index (χ2n) is 8.52. The van der Waals surface area contributed by atoms with Crippen LogP contribution < -0.4 is 4.72 Å². The van der Waals surface area contributed by atoms with Crippen molar-refractivity contribution in [2.45, 2.75) is 52.4 Å². The lowest BCUT2D eigenvalue weighted by Gasteiger charge is -2.14. The maximum Gasteiger partial charge on any atom is 0.342 e. The summed E-state index contributed by atoms with van der Waals surface area (Å²) < 4.78 is 41.2. The number of furan rings is 1. The molecule has 0 atom stereocenters. The molecule has 178 valence electrons. The third kappa shape index (κ3) is 4.16. The number of rotatable bonds is 7. The third-order valence-electron chi connectivity index (χ3n) is 6.05. The van der Waals surface area contributed by atoms with E-state index >= 15 is 0 Å². The number of anilines is 1. The van der Waals surface area contributed by atoms with Crippen LogP contribution in [0, 0.1) is 20.8 Å². The predicted molar refractivity (Wildman–Crippen MR) is 135 cm³/mol. The highest BCUT2D eigenvalue weighted by molar-refractivity contribution is 7.92. The SMILES string of the molecule is CCCc1oc2c(cc(NS(=O)(=O)c3cc(C)c(C)cc3C)c3ccccc32)c1C(=O)OCC. The number of fused-ring (bicyclic) bond motifs is 3. The van der Waals surface area contributed by atoms with Gasteiger partial charge >= 0.3 is 5.97 Å². The van der Waals surface area contributed by atoms with Gasteiger partial charge in [-0.2, -0.15) is 0 Å². The maximum absolute atomic E-state index is 13.5. The summed E-state index contributed by atoms with van der Waals surface area (Å²) in [7, 11) is -3.89. The van der Waals surface area contributed by atoms with Crippen LogP contribution in [0.4, 0.5) is 5.69 Å². The zero-order valence-electron chi connectivity index (χ0n) is 20.1. The zero-order valence-corrected chi connectivity index (χ0v) is 20.9. The van der Waals surface area contributed by atoms with Crippen LogP contribution in [0.1, 0.15) is 53.1 Å². The van der Waals surface area contributed by atoms with Gasteiger partial charge in [-0.15, -0.1) is 0 Å². The highest BCUT2D eigenvalue weighted by Crippen LogP contribution is 2.38. The van der Waals surface area contributed by atoms with E-state index in [0.717, 1.165) is 22.9 Å². The lowest BCUT2D eigenvalue weighted by Crippen LogP contribution is -2.15. The van der Waals surface area contributed by atoms with E-state index in [9.17, 15) is 13.2 Å². The molecule has 0 aliphatic rings. The van der Waals surface area contributed by atoms with Crippen LogP contribution in [0.2, 0.25) is 0 Å². The Kier molecular flexibility index (Phi) is 6.41. The highest BCUT2D eigenvalue weighted by atomic mass is 32.2. The van der Waals surface area contributed by atoms with Crippen LogP contribution >= 0.6 is 0 Å². The molecule has 1 aromatic heterocycles. The van der Waals surface area contributed by atoms with E-state index in [1.807, 2.05) is 51.1 Å². The van der Waals surface area contributed by atoms with Gasteiger partial charge in [-0.3, -0.25) is 4.72 Å². The number of carbonyl (C=O) groups is 1. The fourth-order valence-corrected chi connectivity index (χ4v) is 5.69. The molecular weight excluding hydrogens is 450 g/mol. The first-order valence-corrected chi connectivity index (χ1v) is 12.9. The van der Waals surface area contributed by atoms with Crippen LogP contribution in [0.3, 0.4) is 0 Å². The summed E-state index contributed by atoms with van der Waals surface area (Å²) in [5, 5.41) is 1.95. The quantitative estimate of drug-likeness (QED) is 0.308. The smallest absolute Gasteiger partial charge is 0.342 e. The number of carbonyl (C=O) groups excluding carboxylic acids is 1. The molecule has 0 aliphatic carbocycles. The van der Waals surface area contributed by atoms with Crippen molar-refractivity contribution in [3.8, 4) is 0 Å². The Morgan fingerprint density at radius 2 is 1.62 bits per heavy atom. The monoisotopic (exact) mass is 479 g/mol. The third-order valence-corrected chi connectivity index (χ3v) is 7.56. The molecule has 0 fully saturated rings. The number of hydrogen-bond acceptors (Lipinski definition) is 5. The molecule has 0 radical (unpaired) electrons. The molecule has 3 aromatic carbocycles. The number of sulfonamides is 1. The van der Waals surface area contributed by atoms with Gasteiger partial charge in [0.25, 0.3) is 10.0 Å². The van der Waals surface area contributed by atoms with Gasteiger partial charge in [0.15, 0.2) is 0 Å². The Balaban J connectivity index is 1.96. The lowest BCUT2D eigenvalue weighted by atomic mass is 10.0. The molecule has 0 saturated heterocycles. The van der Waals surface area contributed by atoms with Crippen molar-refractivity contribution in [1.29, 1.82) is 0 Å². The van der Waals surface area contributed by atoms with Crippen molar-refractivity contribution in [3.05, 3.63) is 70.5 Å². The summed E-state index contributed by atoms with van der Waals surface area (Å²) in [4.78, 5) is 13.1. The minimum atomic E-state index is -3.89. The molecule has 0 aliphatic heterocycles. The van der Waals surface area contributed by atoms with Crippen molar-refractivity contribution in [2.75, 3.05) is 11.3 Å². The number of aryl methyl sites for hydroxylation is 4. The van der Waals surface area contributed by atoms with E-state index in [2.05, 4.69) is 4.72 Å². The second kappa shape index (κ2) is 9.14. The Labute approximate surface area is 200 Å². The minimum Gasteiger partial charge on any atom is -0.462 e. The zero-order chi connectivity index (χ0) is 24.6. The average molecular weight is 480 g/mol. The second-order valence-corrected chi connectivity index (χ2v) is 10.2. The summed E-state index contributed by atoms with van der Waals surface area (Å²) in [5.41, 5.74) is 3.88. The number of ether oxygens (including phenoxy) is 1. The van der Waals surface area contributed by atoms with E-state index in [0.29, 0.717) is 45.4 Å². The molecule has 0 amide bonds. The summed E-state index contributed by atoms with van der Waals surface area (Å²) in [6, 6.07) is 12.7. The molecule has 6 nitrogen and oxygen atoms in total. The van der Waals surface area contributed by atoms with E-state index in [1.54, 1.807) is 26.0 Å². The topological polar surface area (TPSA) is 85.6 Å². The molecule has 1 heterocycles. The van der Waals surface area contributed by atoms with Gasteiger partial charge in [-0.05, 0) is 62.9 Å². The van der Waals surface area contributed by atoms with E-state index in [4.69, 9.17) is 9.15 Å². The molecule has 0 saturated carbocycles. The van der Waals surface area contributed by atoms with Gasteiger partial charge in [0.2, 0.25) is 0 Å². The molecule has 1 N–H and O–H groups in total. The molecule has 7 heteroatoms. The van der Waals surface area contributed by atoms with Crippen LogP contribution in [0.15, 0.2) is 51.8 Å². The number of esters is 1. The van der Waals surface area contributed by atoms with Crippen LogP contribution in [0.25, 0.3) is 21.7 Å². The molecule has 0 spiro atoms. The first-order valence-electron chi connectivity index (χ1n) is 11.4. The molecule has 0 unspecified atom stereocenters. The summed E-state index contributed by atoms with van der Waals surface area (Å²) in [6.45, 7) is 9.62. The number of nitrogens with one attached hydrogen (secondary N) is 1. The molecule has 4 rings (SSSR count). The number of benzene rings is 3. The van der Waals surface area contributed by atoms with Crippen LogP contribution in [0.5, 0.6) is 0 Å². The van der Waals surface area contributed by atoms with Crippen molar-refractivity contribution >= 4 is 43.4 Å². The minimum absolute atomic E-state index is 0.226. The first-order chi connectivity index (χ1) is 16.2. The first kappa shape index (κ1) is 23.8. The van der Waals surface area contributed by atoms with E-state index < -0.39 is 16.0 Å². The van der Waals surface area contributed by atoms with Crippen molar-refractivity contribution in [2.24, 2.45) is 0 Å². The molecule has 4 aromatic rings. The Hall–Kier alpha value is -3.32. The fraction of sp³-hybridized carbons (Fsp3) is 0.296. The largest absolute Gasteiger partial charge is 0.462 e. The molecule has 34 heavy (non-hydrogen) atoms. The van der Waals surface area contributed by atoms with Crippen LogP contribution in [-0.4, -0.2) is 21.0 Å². The van der Waals surface area contributed by atoms with Crippen molar-refractivity contribution in [3.63, 3.8) is 0 Å². The standard InChI is InChI=1S/C27H29NO5S/c1-6-10-23-25(27(29)32-7-2)21-15-22(19-11-8-9-12-20(19)26(21)33-23)28-34(30,31)24-14-17(4)16(3)13-18(24)5/h8-9,11-15,28H,6-7,10H2,1-5H3. The normalized spacial score (nSPS) is 11.8. The van der Waals surface area contributed by atoms with Crippen LogP contribution in [-0.2, 0) is 21.2 Å². The number of hydrogen-bond donors (Lipinski definition) is 1. The lowest BCUT2D eigenvalue weighted by molar-refractivity contribution is 0.0525. The summed E-state index contributed by atoms with van der Waals surface area (Å²) >= 11 is 0. The van der Waals surface area contributed by atoms with Crippen molar-refractivity contribution in [1.82, 2.24) is 0 Å². The summed E-state index contributed by atoms with van der Waals surface area (Å²) in [5.74, 6) is 0.0740. The predicted octanol–water partition coefficient (Wildman–Crippen LogP) is 6.44.